The Morgan fingerprint density at radius 2 is 2.12 bits per heavy atom. The van der Waals surface area contributed by atoms with E-state index in [0.717, 1.165) is 43.2 Å². The molecule has 24 heavy (non-hydrogen) atoms. The summed E-state index contributed by atoms with van der Waals surface area (Å²) in [5.74, 6) is 0.629. The zero-order valence-corrected chi connectivity index (χ0v) is 14.3. The lowest BCUT2D eigenvalue weighted by Gasteiger charge is -2.31. The number of amides is 1. The summed E-state index contributed by atoms with van der Waals surface area (Å²) in [6.45, 7) is 6.06. The number of carbonyl (C=O) groups is 1. The van der Waals surface area contributed by atoms with Gasteiger partial charge in [0.25, 0.3) is 5.91 Å². The molecule has 0 aliphatic carbocycles. The highest BCUT2D eigenvalue weighted by molar-refractivity contribution is 7.18. The molecular formula is C17H19N4O2S+. The number of nitrogens with zero attached hydrogens (tertiary/aromatic N) is 3. The van der Waals surface area contributed by atoms with E-state index in [2.05, 4.69) is 17.3 Å². The van der Waals surface area contributed by atoms with Gasteiger partial charge in [0.05, 0.1) is 36.4 Å². The minimum Gasteiger partial charge on any atom is -0.361 e. The zero-order chi connectivity index (χ0) is 16.5. The van der Waals surface area contributed by atoms with Crippen molar-refractivity contribution in [2.75, 3.05) is 26.2 Å². The van der Waals surface area contributed by atoms with Gasteiger partial charge in [-0.05, 0) is 19.1 Å². The Balaban J connectivity index is 1.36. The standard InChI is InChI=1S/C17H18N4O2S/c1-12-10-14(19-23-12)17(22)21-8-6-20(7-9-21)11-16-18-13-4-2-3-5-15(13)24-16/h2-5,10H,6-9,11H2,1H3/p+1. The van der Waals surface area contributed by atoms with Crippen LogP contribution in [0, 0.1) is 6.92 Å². The molecule has 1 N–H and O–H groups in total. The van der Waals surface area contributed by atoms with Gasteiger partial charge in [0.15, 0.2) is 5.69 Å². The molecule has 1 aliphatic heterocycles. The van der Waals surface area contributed by atoms with E-state index in [1.54, 1.807) is 24.3 Å². The van der Waals surface area contributed by atoms with Crippen LogP contribution >= 0.6 is 11.3 Å². The van der Waals surface area contributed by atoms with Crippen molar-refractivity contribution in [1.82, 2.24) is 15.0 Å². The zero-order valence-electron chi connectivity index (χ0n) is 13.5. The Bertz CT molecular complexity index is 831. The molecule has 0 unspecified atom stereocenters. The Labute approximate surface area is 143 Å². The van der Waals surface area contributed by atoms with Gasteiger partial charge in [-0.2, -0.15) is 0 Å². The van der Waals surface area contributed by atoms with Crippen LogP contribution in [0.1, 0.15) is 21.3 Å². The number of hydrogen-bond donors (Lipinski definition) is 1. The molecule has 0 saturated carbocycles. The summed E-state index contributed by atoms with van der Waals surface area (Å²) in [6, 6.07) is 9.94. The Morgan fingerprint density at radius 1 is 1.33 bits per heavy atom. The van der Waals surface area contributed by atoms with E-state index in [-0.39, 0.29) is 5.91 Å². The summed E-state index contributed by atoms with van der Waals surface area (Å²) < 4.78 is 6.23. The van der Waals surface area contributed by atoms with Crippen LogP contribution in [-0.2, 0) is 6.54 Å². The highest BCUT2D eigenvalue weighted by Crippen LogP contribution is 2.20. The van der Waals surface area contributed by atoms with Gasteiger partial charge in [0.1, 0.15) is 17.3 Å². The molecule has 124 valence electrons. The number of quaternary nitrogens is 1. The quantitative estimate of drug-likeness (QED) is 0.774. The smallest absolute Gasteiger partial charge is 0.276 e. The third kappa shape index (κ3) is 3.05. The van der Waals surface area contributed by atoms with E-state index in [4.69, 9.17) is 9.51 Å². The van der Waals surface area contributed by atoms with Crippen LogP contribution in [0.3, 0.4) is 0 Å². The van der Waals surface area contributed by atoms with Crippen LogP contribution in [0.25, 0.3) is 10.2 Å². The Morgan fingerprint density at radius 3 is 2.83 bits per heavy atom. The molecule has 1 amide bonds. The third-order valence-electron chi connectivity index (χ3n) is 4.34. The van der Waals surface area contributed by atoms with Crippen LogP contribution in [0.5, 0.6) is 0 Å². The summed E-state index contributed by atoms with van der Waals surface area (Å²) in [4.78, 5) is 20.4. The van der Waals surface area contributed by atoms with Gasteiger partial charge >= 0.3 is 0 Å². The maximum Gasteiger partial charge on any atom is 0.276 e. The van der Waals surface area contributed by atoms with Gasteiger partial charge in [-0.3, -0.25) is 4.79 Å². The highest BCUT2D eigenvalue weighted by atomic mass is 32.1. The minimum atomic E-state index is -0.0362. The molecule has 3 aromatic rings. The summed E-state index contributed by atoms with van der Waals surface area (Å²) in [7, 11) is 0. The van der Waals surface area contributed by atoms with Crippen LogP contribution in [0.4, 0.5) is 0 Å². The molecule has 0 bridgehead atoms. The molecule has 0 radical (unpaired) electrons. The predicted molar refractivity (Wildman–Crippen MR) is 91.2 cm³/mol. The number of rotatable bonds is 3. The molecule has 0 spiro atoms. The van der Waals surface area contributed by atoms with Gasteiger partial charge in [-0.1, -0.05) is 17.3 Å². The second-order valence-corrected chi connectivity index (χ2v) is 7.23. The maximum atomic E-state index is 12.4. The molecule has 1 fully saturated rings. The first-order chi connectivity index (χ1) is 11.7. The minimum absolute atomic E-state index is 0.0362. The van der Waals surface area contributed by atoms with E-state index < -0.39 is 0 Å². The average Bonchev–Trinajstić information content (AvgIpc) is 3.20. The fraction of sp³-hybridized carbons (Fsp3) is 0.353. The Hall–Kier alpha value is -2.25. The second-order valence-electron chi connectivity index (χ2n) is 6.12. The van der Waals surface area contributed by atoms with Gasteiger partial charge in [0, 0.05) is 6.07 Å². The molecule has 1 saturated heterocycles. The maximum absolute atomic E-state index is 12.4. The summed E-state index contributed by atoms with van der Waals surface area (Å²) in [5.41, 5.74) is 1.48. The van der Waals surface area contributed by atoms with Crippen molar-refractivity contribution in [1.29, 1.82) is 0 Å². The molecule has 6 nitrogen and oxygen atoms in total. The molecule has 0 atom stereocenters. The summed E-state index contributed by atoms with van der Waals surface area (Å²) in [6.07, 6.45) is 0. The first-order valence-corrected chi connectivity index (χ1v) is 8.91. The first-order valence-electron chi connectivity index (χ1n) is 8.09. The van der Waals surface area contributed by atoms with E-state index in [0.29, 0.717) is 11.5 Å². The van der Waals surface area contributed by atoms with Crippen molar-refractivity contribution in [2.45, 2.75) is 13.5 Å². The number of carbonyl (C=O) groups excluding carboxylic acids is 1. The number of fused-ring (bicyclic) bond motifs is 1. The molecular weight excluding hydrogens is 324 g/mol. The van der Waals surface area contributed by atoms with Crippen molar-refractivity contribution in [3.8, 4) is 0 Å². The van der Waals surface area contributed by atoms with Gasteiger partial charge in [0.2, 0.25) is 0 Å². The molecule has 1 aromatic carbocycles. The van der Waals surface area contributed by atoms with Gasteiger partial charge < -0.3 is 14.3 Å². The monoisotopic (exact) mass is 343 g/mol. The van der Waals surface area contributed by atoms with Gasteiger partial charge in [-0.25, -0.2) is 4.98 Å². The van der Waals surface area contributed by atoms with Gasteiger partial charge in [-0.15, -0.1) is 11.3 Å². The number of benzene rings is 1. The van der Waals surface area contributed by atoms with Crippen molar-refractivity contribution < 1.29 is 14.2 Å². The molecule has 3 heterocycles. The summed E-state index contributed by atoms with van der Waals surface area (Å²) in [5, 5.41) is 4.99. The van der Waals surface area contributed by atoms with Crippen LogP contribution < -0.4 is 4.90 Å². The lowest BCUT2D eigenvalue weighted by molar-refractivity contribution is -0.917. The first kappa shape index (κ1) is 15.3. The lowest BCUT2D eigenvalue weighted by atomic mass is 10.2. The summed E-state index contributed by atoms with van der Waals surface area (Å²) >= 11 is 1.76. The number of thiazole rings is 1. The predicted octanol–water partition coefficient (Wildman–Crippen LogP) is 1.13. The van der Waals surface area contributed by atoms with Crippen molar-refractivity contribution >= 4 is 27.5 Å². The second kappa shape index (κ2) is 6.33. The fourth-order valence-corrected chi connectivity index (χ4v) is 4.08. The normalized spacial score (nSPS) is 16.0. The molecule has 4 rings (SSSR count). The average molecular weight is 343 g/mol. The number of hydrogen-bond acceptors (Lipinski definition) is 5. The number of aryl methyl sites for hydroxylation is 1. The Kier molecular flexibility index (Phi) is 4.03. The third-order valence-corrected chi connectivity index (χ3v) is 5.38. The van der Waals surface area contributed by atoms with Crippen LogP contribution in [0.15, 0.2) is 34.9 Å². The van der Waals surface area contributed by atoms with Crippen molar-refractivity contribution in [2.24, 2.45) is 0 Å². The SMILES string of the molecule is Cc1cc(C(=O)N2CC[NH+](Cc3nc4ccccc4s3)CC2)no1. The molecule has 2 aromatic heterocycles. The largest absolute Gasteiger partial charge is 0.361 e. The highest BCUT2D eigenvalue weighted by Gasteiger charge is 2.26. The van der Waals surface area contributed by atoms with E-state index >= 15 is 0 Å². The number of aromatic nitrogens is 2. The molecule has 7 heteroatoms. The van der Waals surface area contributed by atoms with E-state index in [9.17, 15) is 4.79 Å². The number of piperazine rings is 1. The van der Waals surface area contributed by atoms with Crippen LogP contribution in [0.2, 0.25) is 0 Å². The van der Waals surface area contributed by atoms with E-state index in [1.165, 1.54) is 9.60 Å². The number of nitrogens with one attached hydrogen (secondary N) is 1. The van der Waals surface area contributed by atoms with E-state index in [1.807, 2.05) is 17.0 Å². The topological polar surface area (TPSA) is 63.7 Å². The fourth-order valence-electron chi connectivity index (χ4n) is 3.04. The lowest BCUT2D eigenvalue weighted by Crippen LogP contribution is -3.13. The van der Waals surface area contributed by atoms with Crippen molar-refractivity contribution in [3.05, 3.63) is 46.8 Å². The molecule has 1 aliphatic rings. The van der Waals surface area contributed by atoms with Crippen LogP contribution in [-0.4, -0.2) is 47.1 Å². The number of para-hydroxylation sites is 1. The van der Waals surface area contributed by atoms with Crippen molar-refractivity contribution in [3.63, 3.8) is 0 Å².